The van der Waals surface area contributed by atoms with Gasteiger partial charge in [-0.1, -0.05) is 0 Å². The van der Waals surface area contributed by atoms with Gasteiger partial charge >= 0.3 is 0 Å². The highest BCUT2D eigenvalue weighted by molar-refractivity contribution is 5.68. The molecular weight excluding hydrogens is 292 g/mol. The molecule has 2 saturated heterocycles. The second-order valence-corrected chi connectivity index (χ2v) is 6.96. The van der Waals surface area contributed by atoms with Crippen molar-refractivity contribution in [2.45, 2.75) is 38.2 Å². The van der Waals surface area contributed by atoms with Gasteiger partial charge in [-0.25, -0.2) is 0 Å². The highest BCUT2D eigenvalue weighted by Gasteiger charge is 2.35. The van der Waals surface area contributed by atoms with E-state index in [9.17, 15) is 5.11 Å². The van der Waals surface area contributed by atoms with Gasteiger partial charge in [0, 0.05) is 19.6 Å². The molecule has 7 nitrogen and oxygen atoms in total. The minimum Gasteiger partial charge on any atom is -0.388 e. The molecule has 2 aromatic rings. The molecule has 4 heterocycles. The summed E-state index contributed by atoms with van der Waals surface area (Å²) in [6, 6.07) is 2.06. The lowest BCUT2D eigenvalue weighted by Gasteiger charge is -2.41. The normalized spacial score (nSPS) is 22.1. The van der Waals surface area contributed by atoms with Crippen molar-refractivity contribution in [1.29, 1.82) is 0 Å². The van der Waals surface area contributed by atoms with Crippen molar-refractivity contribution < 1.29 is 5.11 Å². The van der Waals surface area contributed by atoms with Crippen molar-refractivity contribution in [3.63, 3.8) is 0 Å². The molecule has 0 unspecified atom stereocenters. The monoisotopic (exact) mass is 316 g/mol. The minimum absolute atomic E-state index is 0.549. The van der Waals surface area contributed by atoms with Crippen LogP contribution in [-0.2, 0) is 0 Å². The molecule has 2 aliphatic heterocycles. The molecule has 1 N–H and O–H groups in total. The van der Waals surface area contributed by atoms with Gasteiger partial charge in [0.1, 0.15) is 6.33 Å². The average molecular weight is 316 g/mol. The molecule has 0 bridgehead atoms. The summed E-state index contributed by atoms with van der Waals surface area (Å²) in [4.78, 5) is 4.71. The van der Waals surface area contributed by atoms with E-state index in [0.717, 1.165) is 62.6 Å². The van der Waals surface area contributed by atoms with Crippen LogP contribution in [0.5, 0.6) is 0 Å². The third-order valence-corrected chi connectivity index (χ3v) is 5.12. The van der Waals surface area contributed by atoms with Crippen molar-refractivity contribution in [2.24, 2.45) is 0 Å². The van der Waals surface area contributed by atoms with Crippen LogP contribution < -0.4 is 4.90 Å². The Balaban J connectivity index is 1.49. The summed E-state index contributed by atoms with van der Waals surface area (Å²) in [6.07, 6.45) is 5.77. The second-order valence-electron chi connectivity index (χ2n) is 6.96. The summed E-state index contributed by atoms with van der Waals surface area (Å²) in [7, 11) is 0. The van der Waals surface area contributed by atoms with Gasteiger partial charge in [-0.3, -0.25) is 0 Å². The molecule has 0 saturated carbocycles. The fourth-order valence-corrected chi connectivity index (χ4v) is 3.84. The number of fused-ring (bicyclic) bond motifs is 1. The first-order valence-electron chi connectivity index (χ1n) is 8.50. The third kappa shape index (κ3) is 2.90. The van der Waals surface area contributed by atoms with E-state index in [1.807, 2.05) is 6.92 Å². The molecule has 2 aromatic heterocycles. The Kier molecular flexibility index (Phi) is 3.69. The van der Waals surface area contributed by atoms with E-state index in [-0.39, 0.29) is 0 Å². The lowest BCUT2D eigenvalue weighted by molar-refractivity contribution is -0.0110. The van der Waals surface area contributed by atoms with Gasteiger partial charge in [-0.2, -0.15) is 9.61 Å². The summed E-state index contributed by atoms with van der Waals surface area (Å²) in [5, 5.41) is 23.5. The predicted octanol–water partition coefficient (Wildman–Crippen LogP) is 0.860. The van der Waals surface area contributed by atoms with Crippen LogP contribution in [0.3, 0.4) is 0 Å². The number of hydrogen-bond donors (Lipinski definition) is 1. The zero-order valence-electron chi connectivity index (χ0n) is 13.6. The predicted molar refractivity (Wildman–Crippen MR) is 87.6 cm³/mol. The maximum Gasteiger partial charge on any atom is 0.200 e. The second kappa shape index (κ2) is 5.72. The van der Waals surface area contributed by atoms with E-state index in [2.05, 4.69) is 31.2 Å². The van der Waals surface area contributed by atoms with E-state index in [1.165, 1.54) is 12.8 Å². The smallest absolute Gasteiger partial charge is 0.200 e. The number of anilines is 1. The number of piperidine rings is 1. The quantitative estimate of drug-likeness (QED) is 0.906. The van der Waals surface area contributed by atoms with Gasteiger partial charge in [0.15, 0.2) is 0 Å². The molecule has 0 aliphatic carbocycles. The summed E-state index contributed by atoms with van der Waals surface area (Å²) in [5.74, 6) is 0. The van der Waals surface area contributed by atoms with Crippen molar-refractivity contribution >= 4 is 11.3 Å². The largest absolute Gasteiger partial charge is 0.388 e. The van der Waals surface area contributed by atoms with Crippen LogP contribution in [-0.4, -0.2) is 68.1 Å². The zero-order chi connectivity index (χ0) is 15.9. The number of likely N-dealkylation sites (tertiary alicyclic amines) is 1. The fourth-order valence-electron chi connectivity index (χ4n) is 3.84. The molecule has 0 amide bonds. The van der Waals surface area contributed by atoms with Gasteiger partial charge in [0.25, 0.3) is 0 Å². The highest BCUT2D eigenvalue weighted by Crippen LogP contribution is 2.29. The summed E-state index contributed by atoms with van der Waals surface area (Å²) in [5.41, 5.74) is 2.26. The molecule has 0 spiro atoms. The zero-order valence-corrected chi connectivity index (χ0v) is 13.6. The average Bonchev–Trinajstić information content (AvgIpc) is 3.18. The number of β-amino-alcohol motifs (C(OH)–C–C–N with tert-alkyl or cyclic N) is 1. The van der Waals surface area contributed by atoms with Crippen LogP contribution in [0, 0.1) is 6.92 Å². The SMILES string of the molecule is Cc1cc(N2CCC(O)(CN3CCCC3)CC2)c2nncn2n1. The number of aromatic nitrogens is 4. The Bertz CT molecular complexity index is 685. The molecule has 0 atom stereocenters. The van der Waals surface area contributed by atoms with Crippen molar-refractivity contribution in [3.05, 3.63) is 18.1 Å². The molecule has 23 heavy (non-hydrogen) atoms. The van der Waals surface area contributed by atoms with Crippen LogP contribution in [0.2, 0.25) is 0 Å². The van der Waals surface area contributed by atoms with Crippen molar-refractivity contribution in [1.82, 2.24) is 24.7 Å². The Labute approximate surface area is 135 Å². The van der Waals surface area contributed by atoms with Gasteiger partial charge in [0.2, 0.25) is 5.65 Å². The Hall–Kier alpha value is -1.73. The van der Waals surface area contributed by atoms with Crippen molar-refractivity contribution in [3.8, 4) is 0 Å². The molecule has 0 aromatic carbocycles. The molecule has 2 aliphatic rings. The number of nitrogens with zero attached hydrogens (tertiary/aromatic N) is 6. The number of rotatable bonds is 3. The van der Waals surface area contributed by atoms with Crippen LogP contribution in [0.15, 0.2) is 12.4 Å². The van der Waals surface area contributed by atoms with Crippen LogP contribution in [0.1, 0.15) is 31.4 Å². The third-order valence-electron chi connectivity index (χ3n) is 5.12. The molecule has 2 fully saturated rings. The standard InChI is InChI=1S/C16H24N6O/c1-13-10-14(15-18-17-12-22(15)19-13)21-8-4-16(23,5-9-21)11-20-6-2-3-7-20/h10,12,23H,2-9,11H2,1H3. The lowest BCUT2D eigenvalue weighted by atomic mass is 9.90. The summed E-state index contributed by atoms with van der Waals surface area (Å²) < 4.78 is 1.73. The van der Waals surface area contributed by atoms with Crippen LogP contribution in [0.4, 0.5) is 5.69 Å². The first kappa shape index (κ1) is 14.8. The van der Waals surface area contributed by atoms with E-state index >= 15 is 0 Å². The van der Waals surface area contributed by atoms with Crippen molar-refractivity contribution in [2.75, 3.05) is 37.6 Å². The van der Waals surface area contributed by atoms with Gasteiger partial charge in [-0.15, -0.1) is 10.2 Å². The fraction of sp³-hybridized carbons (Fsp3) is 0.688. The molecule has 124 valence electrons. The lowest BCUT2D eigenvalue weighted by Crippen LogP contribution is -2.50. The maximum atomic E-state index is 10.9. The number of aliphatic hydroxyl groups is 1. The van der Waals surface area contributed by atoms with Crippen LogP contribution >= 0.6 is 0 Å². The molecule has 7 heteroatoms. The first-order valence-corrected chi connectivity index (χ1v) is 8.50. The van der Waals surface area contributed by atoms with E-state index < -0.39 is 5.60 Å². The first-order chi connectivity index (χ1) is 11.1. The Morgan fingerprint density at radius 3 is 2.65 bits per heavy atom. The number of aryl methyl sites for hydroxylation is 1. The van der Waals surface area contributed by atoms with E-state index in [1.54, 1.807) is 10.8 Å². The molecule has 0 radical (unpaired) electrons. The maximum absolute atomic E-state index is 10.9. The van der Waals surface area contributed by atoms with Gasteiger partial charge in [-0.05, 0) is 51.8 Å². The van der Waals surface area contributed by atoms with E-state index in [0.29, 0.717) is 0 Å². The van der Waals surface area contributed by atoms with Gasteiger partial charge in [0.05, 0.1) is 17.0 Å². The van der Waals surface area contributed by atoms with E-state index in [4.69, 9.17) is 0 Å². The minimum atomic E-state index is -0.549. The number of hydrogen-bond acceptors (Lipinski definition) is 6. The topological polar surface area (TPSA) is 69.8 Å². The highest BCUT2D eigenvalue weighted by atomic mass is 16.3. The molecule has 4 rings (SSSR count). The van der Waals surface area contributed by atoms with Crippen LogP contribution in [0.25, 0.3) is 5.65 Å². The summed E-state index contributed by atoms with van der Waals surface area (Å²) in [6.45, 7) is 6.76. The Morgan fingerprint density at radius 2 is 1.91 bits per heavy atom. The summed E-state index contributed by atoms with van der Waals surface area (Å²) >= 11 is 0. The molecular formula is C16H24N6O. The Morgan fingerprint density at radius 1 is 1.17 bits per heavy atom. The van der Waals surface area contributed by atoms with Gasteiger partial charge < -0.3 is 14.9 Å².